The topological polar surface area (TPSA) is 29.8 Å². The summed E-state index contributed by atoms with van der Waals surface area (Å²) in [5.74, 6) is 1.18. The van der Waals surface area contributed by atoms with Crippen molar-refractivity contribution >= 4 is 27.4 Å². The van der Waals surface area contributed by atoms with Gasteiger partial charge in [0.1, 0.15) is 11.5 Å². The smallest absolute Gasteiger partial charge is 0.138 e. The molecule has 0 N–H and O–H groups in total. The fraction of sp³-hybridized carbons (Fsp3) is 0.500. The molecular formula is C14H18BrN3O. The van der Waals surface area contributed by atoms with Crippen molar-refractivity contribution in [3.05, 3.63) is 30.6 Å². The van der Waals surface area contributed by atoms with Crippen LogP contribution < -0.4 is 4.90 Å². The lowest BCUT2D eigenvalue weighted by molar-refractivity contribution is -0.0726. The predicted octanol–water partition coefficient (Wildman–Crippen LogP) is 2.71. The van der Waals surface area contributed by atoms with Crippen molar-refractivity contribution in [2.24, 2.45) is 0 Å². The van der Waals surface area contributed by atoms with Gasteiger partial charge in [0.25, 0.3) is 0 Å². The molecule has 3 heterocycles. The lowest BCUT2D eigenvalue weighted by atomic mass is 10.1. The third-order valence-electron chi connectivity index (χ3n) is 3.38. The number of pyridine rings is 1. The summed E-state index contributed by atoms with van der Waals surface area (Å²) in [5.41, 5.74) is 0.844. The maximum Gasteiger partial charge on any atom is 0.138 e. The third kappa shape index (κ3) is 2.49. The second-order valence-electron chi connectivity index (χ2n) is 5.57. The molecule has 5 heteroatoms. The van der Waals surface area contributed by atoms with Crippen LogP contribution in [-0.4, -0.2) is 39.5 Å². The Bertz CT molecular complexity index is 581. The van der Waals surface area contributed by atoms with Crippen LogP contribution in [0.5, 0.6) is 0 Å². The van der Waals surface area contributed by atoms with Crippen LogP contribution in [0.4, 0.5) is 5.82 Å². The lowest BCUT2D eigenvalue weighted by Gasteiger charge is -2.43. The van der Waals surface area contributed by atoms with Gasteiger partial charge in [0, 0.05) is 30.8 Å². The number of imidazole rings is 1. The summed E-state index contributed by atoms with van der Waals surface area (Å²) in [7, 11) is 0. The van der Waals surface area contributed by atoms with Gasteiger partial charge in [-0.1, -0.05) is 22.0 Å². The number of morpholine rings is 1. The number of aromatic nitrogens is 2. The number of halogens is 1. The molecule has 0 amide bonds. The van der Waals surface area contributed by atoms with Crippen LogP contribution >= 0.6 is 15.9 Å². The van der Waals surface area contributed by atoms with E-state index in [0.29, 0.717) is 0 Å². The van der Waals surface area contributed by atoms with Gasteiger partial charge in [-0.3, -0.25) is 4.40 Å². The van der Waals surface area contributed by atoms with Crippen molar-refractivity contribution in [3.63, 3.8) is 0 Å². The minimum absolute atomic E-state index is 0.139. The number of ether oxygens (including phenoxy) is 1. The Morgan fingerprint density at radius 1 is 1.47 bits per heavy atom. The minimum Gasteiger partial charge on any atom is -0.368 e. The summed E-state index contributed by atoms with van der Waals surface area (Å²) < 4.78 is 8.19. The van der Waals surface area contributed by atoms with Gasteiger partial charge < -0.3 is 9.64 Å². The molecule has 3 rings (SSSR count). The van der Waals surface area contributed by atoms with E-state index in [4.69, 9.17) is 4.74 Å². The van der Waals surface area contributed by atoms with E-state index in [1.165, 1.54) is 5.82 Å². The van der Waals surface area contributed by atoms with Crippen LogP contribution in [0.25, 0.3) is 5.65 Å². The highest BCUT2D eigenvalue weighted by atomic mass is 79.9. The molecule has 102 valence electrons. The summed E-state index contributed by atoms with van der Waals surface area (Å²) in [5, 5.41) is 0.854. The largest absolute Gasteiger partial charge is 0.368 e. The first kappa shape index (κ1) is 12.9. The molecular weight excluding hydrogens is 306 g/mol. The first-order valence-corrected chi connectivity index (χ1v) is 7.62. The lowest BCUT2D eigenvalue weighted by Crippen LogP contribution is -2.53. The molecule has 1 saturated heterocycles. The second kappa shape index (κ2) is 4.80. The zero-order valence-electron chi connectivity index (χ0n) is 11.2. The molecule has 1 fully saturated rings. The average Bonchev–Trinajstić information content (AvgIpc) is 2.84. The molecule has 0 aromatic carbocycles. The molecule has 2 aromatic rings. The molecule has 0 bridgehead atoms. The molecule has 1 aliphatic rings. The Morgan fingerprint density at radius 2 is 2.32 bits per heavy atom. The average molecular weight is 324 g/mol. The van der Waals surface area contributed by atoms with Gasteiger partial charge in [0.15, 0.2) is 0 Å². The Balaban J connectivity index is 1.98. The van der Waals surface area contributed by atoms with Gasteiger partial charge in [0.2, 0.25) is 0 Å². The number of fused-ring (bicyclic) bond motifs is 1. The number of anilines is 1. The van der Waals surface area contributed by atoms with Crippen LogP contribution in [0.15, 0.2) is 30.6 Å². The fourth-order valence-corrected chi connectivity index (χ4v) is 3.08. The number of alkyl halides is 1. The zero-order chi connectivity index (χ0) is 13.5. The Morgan fingerprint density at radius 3 is 3.11 bits per heavy atom. The first-order valence-electron chi connectivity index (χ1n) is 6.50. The van der Waals surface area contributed by atoms with E-state index in [-0.39, 0.29) is 11.7 Å². The van der Waals surface area contributed by atoms with E-state index in [1.54, 1.807) is 0 Å². The normalized spacial score (nSPS) is 22.9. The molecule has 1 atom stereocenters. The third-order valence-corrected chi connectivity index (χ3v) is 4.11. The molecule has 0 radical (unpaired) electrons. The Hall–Kier alpha value is -1.07. The van der Waals surface area contributed by atoms with Crippen molar-refractivity contribution < 1.29 is 4.74 Å². The quantitative estimate of drug-likeness (QED) is 0.796. The SMILES string of the molecule is CC1(C)CN(c2cccc3nccn23)CC(CBr)O1. The van der Waals surface area contributed by atoms with Crippen LogP contribution in [0.1, 0.15) is 13.8 Å². The van der Waals surface area contributed by atoms with Crippen molar-refractivity contribution in [1.82, 2.24) is 9.38 Å². The fourth-order valence-electron chi connectivity index (χ4n) is 2.74. The Kier molecular flexibility index (Phi) is 3.27. The molecule has 0 spiro atoms. The van der Waals surface area contributed by atoms with Crippen LogP contribution in [0, 0.1) is 0 Å². The Labute approximate surface area is 121 Å². The first-order chi connectivity index (χ1) is 9.09. The van der Waals surface area contributed by atoms with Gasteiger partial charge in [-0.25, -0.2) is 4.98 Å². The number of hydrogen-bond donors (Lipinski definition) is 0. The molecule has 0 aliphatic carbocycles. The highest BCUT2D eigenvalue weighted by molar-refractivity contribution is 9.09. The van der Waals surface area contributed by atoms with Crippen molar-refractivity contribution in [3.8, 4) is 0 Å². The minimum atomic E-state index is -0.139. The highest BCUT2D eigenvalue weighted by Crippen LogP contribution is 2.27. The van der Waals surface area contributed by atoms with Gasteiger partial charge in [-0.15, -0.1) is 0 Å². The standard InChI is InChI=1S/C14H18BrN3O/c1-14(2)10-17(9-11(8-15)19-14)13-5-3-4-12-16-6-7-18(12)13/h3-7,11H,8-10H2,1-2H3. The van der Waals surface area contributed by atoms with Crippen molar-refractivity contribution in [2.75, 3.05) is 23.3 Å². The summed E-state index contributed by atoms with van der Waals surface area (Å²) in [6, 6.07) is 6.22. The number of rotatable bonds is 2. The van der Waals surface area contributed by atoms with E-state index in [1.807, 2.05) is 18.5 Å². The summed E-state index contributed by atoms with van der Waals surface area (Å²) >= 11 is 3.53. The number of nitrogens with zero attached hydrogens (tertiary/aromatic N) is 3. The zero-order valence-corrected chi connectivity index (χ0v) is 12.8. The summed E-state index contributed by atoms with van der Waals surface area (Å²) in [6.07, 6.45) is 4.06. The van der Waals surface area contributed by atoms with E-state index >= 15 is 0 Å². The maximum absolute atomic E-state index is 6.05. The summed E-state index contributed by atoms with van der Waals surface area (Å²) in [4.78, 5) is 6.72. The van der Waals surface area contributed by atoms with Crippen molar-refractivity contribution in [1.29, 1.82) is 0 Å². The molecule has 4 nitrogen and oxygen atoms in total. The van der Waals surface area contributed by atoms with E-state index in [2.05, 4.69) is 56.2 Å². The second-order valence-corrected chi connectivity index (χ2v) is 6.22. The molecule has 0 saturated carbocycles. The van der Waals surface area contributed by atoms with Crippen molar-refractivity contribution in [2.45, 2.75) is 25.6 Å². The van der Waals surface area contributed by atoms with Gasteiger partial charge in [0.05, 0.1) is 11.7 Å². The van der Waals surface area contributed by atoms with Gasteiger partial charge in [-0.05, 0) is 26.0 Å². The maximum atomic E-state index is 6.05. The molecule has 1 unspecified atom stereocenters. The van der Waals surface area contributed by atoms with Crippen LogP contribution in [-0.2, 0) is 4.74 Å². The monoisotopic (exact) mass is 323 g/mol. The summed E-state index contributed by atoms with van der Waals surface area (Å²) in [6.45, 7) is 6.06. The van der Waals surface area contributed by atoms with E-state index in [9.17, 15) is 0 Å². The number of hydrogen-bond acceptors (Lipinski definition) is 3. The van der Waals surface area contributed by atoms with Crippen LogP contribution in [0.2, 0.25) is 0 Å². The predicted molar refractivity (Wildman–Crippen MR) is 80.2 cm³/mol. The van der Waals surface area contributed by atoms with Gasteiger partial charge in [-0.2, -0.15) is 0 Å². The highest BCUT2D eigenvalue weighted by Gasteiger charge is 2.33. The van der Waals surface area contributed by atoms with E-state index < -0.39 is 0 Å². The van der Waals surface area contributed by atoms with Gasteiger partial charge >= 0.3 is 0 Å². The van der Waals surface area contributed by atoms with E-state index in [0.717, 1.165) is 24.1 Å². The molecule has 19 heavy (non-hydrogen) atoms. The van der Waals surface area contributed by atoms with Crippen LogP contribution in [0.3, 0.4) is 0 Å². The molecule has 2 aromatic heterocycles. The molecule has 1 aliphatic heterocycles.